The zero-order chi connectivity index (χ0) is 46.2. The van der Waals surface area contributed by atoms with Crippen LogP contribution in [0.4, 0.5) is 23.0 Å². The molecule has 362 valence electrons. The summed E-state index contributed by atoms with van der Waals surface area (Å²) in [6.07, 6.45) is 26.1. The second-order valence-corrected chi connectivity index (χ2v) is 21.5. The van der Waals surface area contributed by atoms with Gasteiger partial charge in [0, 0.05) is 80.3 Å². The molecule has 12 nitrogen and oxygen atoms in total. The van der Waals surface area contributed by atoms with Crippen molar-refractivity contribution in [2.24, 2.45) is 23.2 Å². The predicted octanol–water partition coefficient (Wildman–Crippen LogP) is 10.1. The van der Waals surface area contributed by atoms with E-state index in [1.165, 1.54) is 103 Å². The average Bonchev–Trinajstić information content (AvgIpc) is 3.31. The minimum atomic E-state index is -0.128. The topological polar surface area (TPSA) is 120 Å². The molecule has 4 saturated carbocycles. The number of nitrogens with one attached hydrogen (secondary N) is 3. The lowest BCUT2D eigenvalue weighted by molar-refractivity contribution is -0.129. The van der Waals surface area contributed by atoms with E-state index >= 15 is 0 Å². The summed E-state index contributed by atoms with van der Waals surface area (Å²) in [5.74, 6) is 4.22. The minimum Gasteiger partial charge on any atom is -0.494 e. The molecular weight excluding hydrogens is 835 g/mol. The number of amides is 1. The van der Waals surface area contributed by atoms with Crippen molar-refractivity contribution in [3.05, 3.63) is 70.6 Å². The molecule has 0 spiro atoms. The van der Waals surface area contributed by atoms with Crippen LogP contribution >= 0.6 is 0 Å². The summed E-state index contributed by atoms with van der Waals surface area (Å²) in [6.45, 7) is 10.2. The second kappa shape index (κ2) is 22.2. The molecular formula is C55H79N9O3. The van der Waals surface area contributed by atoms with Crippen LogP contribution in [0, 0.1) is 30.1 Å². The number of carbonyl (C=O) groups excluding carboxylic acids is 1. The van der Waals surface area contributed by atoms with Crippen molar-refractivity contribution in [1.29, 1.82) is 0 Å². The highest BCUT2D eigenvalue weighted by atomic mass is 16.5. The van der Waals surface area contributed by atoms with Gasteiger partial charge >= 0.3 is 0 Å². The molecule has 2 aliphatic heterocycles. The fraction of sp³-hybridized carbons (Fsp3) is 0.636. The molecule has 0 radical (unpaired) electrons. The first kappa shape index (κ1) is 47.4. The number of piperazine rings is 1. The number of nitrogens with zero attached hydrogens (tertiary/aromatic N) is 6. The summed E-state index contributed by atoms with van der Waals surface area (Å²) < 4.78 is 7.59. The lowest BCUT2D eigenvalue weighted by Gasteiger charge is -2.56. The molecule has 4 aliphatic carbocycles. The third kappa shape index (κ3) is 12.1. The first-order valence-corrected chi connectivity index (χ1v) is 26.3. The van der Waals surface area contributed by atoms with Crippen LogP contribution in [0.15, 0.2) is 59.5 Å². The molecule has 12 heteroatoms. The molecule has 2 saturated heterocycles. The maximum atomic E-state index is 13.6. The van der Waals surface area contributed by atoms with E-state index in [1.807, 2.05) is 31.2 Å². The summed E-state index contributed by atoms with van der Waals surface area (Å²) in [7, 11) is 3.87. The van der Waals surface area contributed by atoms with Crippen molar-refractivity contribution in [1.82, 2.24) is 29.7 Å². The number of unbranched alkanes of at least 4 members (excludes halogenated alkanes) is 9. The van der Waals surface area contributed by atoms with Crippen LogP contribution in [0.25, 0.3) is 16.7 Å². The molecule has 67 heavy (non-hydrogen) atoms. The van der Waals surface area contributed by atoms with Crippen molar-refractivity contribution in [3.8, 4) is 11.4 Å². The number of carbonyl (C=O) groups is 1. The maximum absolute atomic E-state index is 13.6. The molecule has 1 amide bonds. The highest BCUT2D eigenvalue weighted by Gasteiger charge is 2.51. The van der Waals surface area contributed by atoms with Crippen LogP contribution in [0.1, 0.15) is 128 Å². The first-order chi connectivity index (χ1) is 32.7. The SMILES string of the molecule is COc1cc(N2CCN(CCCCCCCCCCCCNC(=O)CC34CC5CC(CC(C5)C3)C4)CC2)ccc1Nc1ncc2c(C)cc(=O)n(-c3cccc(NC4CCN(C)CC4)c3)c2n1. The van der Waals surface area contributed by atoms with E-state index in [9.17, 15) is 9.59 Å². The number of aromatic nitrogens is 3. The van der Waals surface area contributed by atoms with Crippen LogP contribution in [0.5, 0.6) is 5.75 Å². The van der Waals surface area contributed by atoms with Gasteiger partial charge < -0.3 is 30.5 Å². The van der Waals surface area contributed by atoms with E-state index in [1.54, 1.807) is 23.9 Å². The summed E-state index contributed by atoms with van der Waals surface area (Å²) in [4.78, 5) is 43.5. The molecule has 6 aliphatic rings. The smallest absolute Gasteiger partial charge is 0.257 e. The van der Waals surface area contributed by atoms with Crippen molar-refractivity contribution in [2.75, 3.05) is 82.0 Å². The van der Waals surface area contributed by atoms with Crippen molar-refractivity contribution in [2.45, 2.75) is 135 Å². The van der Waals surface area contributed by atoms with Crippen LogP contribution in [0.2, 0.25) is 0 Å². The van der Waals surface area contributed by atoms with Gasteiger partial charge in [-0.2, -0.15) is 4.98 Å². The normalized spacial score (nSPS) is 23.2. The Morgan fingerprint density at radius 3 is 2.15 bits per heavy atom. The Morgan fingerprint density at radius 1 is 0.791 bits per heavy atom. The summed E-state index contributed by atoms with van der Waals surface area (Å²) in [5.41, 5.74) is 5.32. The largest absolute Gasteiger partial charge is 0.494 e. The van der Waals surface area contributed by atoms with Crippen molar-refractivity contribution >= 4 is 40.0 Å². The van der Waals surface area contributed by atoms with Crippen LogP contribution in [0.3, 0.4) is 0 Å². The zero-order valence-corrected chi connectivity index (χ0v) is 41.0. The van der Waals surface area contributed by atoms with Gasteiger partial charge in [0.25, 0.3) is 5.56 Å². The Kier molecular flexibility index (Phi) is 15.7. The van der Waals surface area contributed by atoms with Gasteiger partial charge in [-0.1, -0.05) is 57.4 Å². The number of rotatable bonds is 22. The van der Waals surface area contributed by atoms with Crippen LogP contribution < -0.4 is 31.1 Å². The lowest BCUT2D eigenvalue weighted by Crippen LogP contribution is -2.48. The summed E-state index contributed by atoms with van der Waals surface area (Å²) in [5, 5.41) is 11.2. The Hall–Kier alpha value is -4.68. The van der Waals surface area contributed by atoms with E-state index in [2.05, 4.69) is 60.9 Å². The molecule has 0 atom stereocenters. The lowest BCUT2D eigenvalue weighted by atomic mass is 9.49. The molecule has 4 bridgehead atoms. The highest BCUT2D eigenvalue weighted by molar-refractivity contribution is 5.81. The Balaban J connectivity index is 0.663. The van der Waals surface area contributed by atoms with E-state index in [0.717, 1.165) is 129 Å². The third-order valence-corrected chi connectivity index (χ3v) is 16.3. The quantitative estimate of drug-likeness (QED) is 0.0658. The van der Waals surface area contributed by atoms with Crippen LogP contribution in [-0.4, -0.2) is 103 Å². The van der Waals surface area contributed by atoms with E-state index < -0.39 is 0 Å². The van der Waals surface area contributed by atoms with E-state index in [0.29, 0.717) is 29.0 Å². The number of ether oxygens (including phenoxy) is 1. The van der Waals surface area contributed by atoms with E-state index in [4.69, 9.17) is 9.72 Å². The zero-order valence-electron chi connectivity index (χ0n) is 41.0. The number of anilines is 4. The van der Waals surface area contributed by atoms with Gasteiger partial charge in [-0.25, -0.2) is 4.98 Å². The summed E-state index contributed by atoms with van der Waals surface area (Å²) in [6, 6.07) is 16.4. The molecule has 6 fully saturated rings. The number of fused-ring (bicyclic) bond motifs is 1. The first-order valence-electron chi connectivity index (χ1n) is 26.3. The monoisotopic (exact) mass is 914 g/mol. The summed E-state index contributed by atoms with van der Waals surface area (Å²) >= 11 is 0. The fourth-order valence-electron chi connectivity index (χ4n) is 13.0. The Labute approximate surface area is 400 Å². The molecule has 0 unspecified atom stereocenters. The molecule has 2 aromatic carbocycles. The average molecular weight is 914 g/mol. The molecule has 2 aromatic heterocycles. The number of likely N-dealkylation sites (tertiary alicyclic amines) is 1. The van der Waals surface area contributed by atoms with Gasteiger partial charge in [0.05, 0.1) is 18.5 Å². The van der Waals surface area contributed by atoms with Crippen molar-refractivity contribution in [3.63, 3.8) is 0 Å². The van der Waals surface area contributed by atoms with Crippen molar-refractivity contribution < 1.29 is 9.53 Å². The maximum Gasteiger partial charge on any atom is 0.257 e. The van der Waals surface area contributed by atoms with Crippen LogP contribution in [-0.2, 0) is 4.79 Å². The standard InChI is InChI=1S/C55H79N9O3/c1-40-29-52(66)64(47-16-14-15-45(33-47)58-44-19-23-61(2)24-20-44)53-48(40)39-57-54(60-53)59-49-18-17-46(34-50(49)67-3)63-27-25-62(26-28-63)22-13-11-9-7-5-4-6-8-10-12-21-56-51(65)38-55-35-41-30-42(36-55)32-43(31-41)37-55/h14-18,29,33-34,39,41-44,58H,4-13,19-28,30-32,35-38H2,1-3H3,(H,56,65)(H,57,59,60). The number of aryl methyl sites for hydroxylation is 1. The van der Waals surface area contributed by atoms with Gasteiger partial charge in [0.15, 0.2) is 5.65 Å². The van der Waals surface area contributed by atoms with E-state index in [-0.39, 0.29) is 5.56 Å². The third-order valence-electron chi connectivity index (χ3n) is 16.3. The van der Waals surface area contributed by atoms with Gasteiger partial charge in [-0.15, -0.1) is 0 Å². The fourth-order valence-corrected chi connectivity index (χ4v) is 13.0. The number of pyridine rings is 1. The highest BCUT2D eigenvalue weighted by Crippen LogP contribution is 2.61. The number of piperidine rings is 1. The number of benzene rings is 2. The van der Waals surface area contributed by atoms with Gasteiger partial charge in [-0.05, 0) is 157 Å². The predicted molar refractivity (Wildman–Crippen MR) is 273 cm³/mol. The molecule has 10 rings (SSSR count). The number of hydrogen-bond donors (Lipinski definition) is 3. The van der Waals surface area contributed by atoms with Gasteiger partial charge in [0.1, 0.15) is 5.75 Å². The Morgan fingerprint density at radius 2 is 1.46 bits per heavy atom. The number of methoxy groups -OCH3 is 1. The number of hydrogen-bond acceptors (Lipinski definition) is 10. The minimum absolute atomic E-state index is 0.128. The molecule has 4 aromatic rings. The van der Waals surface area contributed by atoms with Gasteiger partial charge in [-0.3, -0.25) is 19.1 Å². The Bertz CT molecular complexity index is 2300. The molecule has 4 heterocycles. The molecule has 3 N–H and O–H groups in total. The van der Waals surface area contributed by atoms with Gasteiger partial charge in [0.2, 0.25) is 11.9 Å². The second-order valence-electron chi connectivity index (χ2n) is 21.5.